The monoisotopic (exact) mass is 1200 g/mol. The third-order valence-corrected chi connectivity index (χ3v) is 16.2. The summed E-state index contributed by atoms with van der Waals surface area (Å²) >= 11 is 0. The molecule has 0 radical (unpaired) electrons. The molecule has 0 heterocycles. The fourth-order valence-corrected chi connectivity index (χ4v) is 10.8. The molecule has 0 aliphatic carbocycles. The first-order valence-electron chi connectivity index (χ1n) is 32.6. The number of carbonyl (C=O) groups excluding carboxylic acids is 4. The smallest absolute Gasteiger partial charge is 0.462 e. The highest BCUT2D eigenvalue weighted by Crippen LogP contribution is 2.45. The third kappa shape index (κ3) is 56.9. The van der Waals surface area contributed by atoms with E-state index < -0.39 is 97.5 Å². The van der Waals surface area contributed by atoms with Gasteiger partial charge in [-0.1, -0.05) is 259 Å². The number of esters is 4. The van der Waals surface area contributed by atoms with Gasteiger partial charge >= 0.3 is 39.5 Å². The average molecular weight is 1200 g/mol. The Morgan fingerprint density at radius 3 is 0.840 bits per heavy atom. The zero-order valence-electron chi connectivity index (χ0n) is 51.9. The van der Waals surface area contributed by atoms with E-state index >= 15 is 0 Å². The molecule has 0 saturated heterocycles. The van der Waals surface area contributed by atoms with Crippen molar-refractivity contribution in [2.24, 2.45) is 5.92 Å². The van der Waals surface area contributed by atoms with Gasteiger partial charge in [0.1, 0.15) is 19.3 Å². The van der Waals surface area contributed by atoms with Gasteiger partial charge in [0.25, 0.3) is 0 Å². The number of aliphatic hydroxyl groups excluding tert-OH is 1. The molecule has 5 atom stereocenters. The molecule has 0 spiro atoms. The van der Waals surface area contributed by atoms with Crippen molar-refractivity contribution in [3.05, 3.63) is 0 Å². The molecule has 17 nitrogen and oxygen atoms in total. The van der Waals surface area contributed by atoms with Crippen LogP contribution in [0, 0.1) is 5.92 Å². The maximum absolute atomic E-state index is 13.0. The minimum atomic E-state index is -4.94. The van der Waals surface area contributed by atoms with Gasteiger partial charge in [0.2, 0.25) is 0 Å². The predicted molar refractivity (Wildman–Crippen MR) is 322 cm³/mol. The summed E-state index contributed by atoms with van der Waals surface area (Å²) in [5.41, 5.74) is 0. The number of phosphoric ester groups is 2. The molecule has 0 rings (SSSR count). The van der Waals surface area contributed by atoms with Crippen LogP contribution in [0.3, 0.4) is 0 Å². The normalized spacial score (nSPS) is 14.3. The molecule has 2 unspecified atom stereocenters. The van der Waals surface area contributed by atoms with Crippen LogP contribution in [-0.4, -0.2) is 96.7 Å². The van der Waals surface area contributed by atoms with Crippen LogP contribution >= 0.6 is 15.6 Å². The highest BCUT2D eigenvalue weighted by Gasteiger charge is 2.30. The Balaban J connectivity index is 5.13. The minimum absolute atomic E-state index is 0.103. The Morgan fingerprint density at radius 2 is 0.568 bits per heavy atom. The molecular formula is C62H120O17P2. The second kappa shape index (κ2) is 55.9. The van der Waals surface area contributed by atoms with E-state index in [4.69, 9.17) is 37.0 Å². The standard InChI is InChI=1S/C62H120O17P2/c1-6-9-12-15-17-18-19-25-28-32-36-41-46-60(65)73-52-58(79-62(67)48-43-38-33-29-26-23-21-20-22-24-27-31-35-39-44-55(4)5)54-77-81(70,71)75-50-56(63)49-74-80(68,69)76-53-57(51-72-59(64)45-40-34-14-11-8-3)78-61(66)47-42-37-30-16-13-10-7-2/h55-58,63H,6-54H2,1-5H3,(H,68,69)(H,70,71)/t56-,57+,58+/m0/s1. The van der Waals surface area contributed by atoms with Crippen molar-refractivity contribution in [2.75, 3.05) is 39.6 Å². The van der Waals surface area contributed by atoms with Crippen LogP contribution in [0.15, 0.2) is 0 Å². The maximum Gasteiger partial charge on any atom is 0.472 e. The zero-order valence-corrected chi connectivity index (χ0v) is 53.7. The van der Waals surface area contributed by atoms with Crippen molar-refractivity contribution < 1.29 is 80.2 Å². The van der Waals surface area contributed by atoms with Crippen LogP contribution in [0.4, 0.5) is 0 Å². The van der Waals surface area contributed by atoms with Crippen molar-refractivity contribution in [3.63, 3.8) is 0 Å². The number of hydrogen-bond donors (Lipinski definition) is 3. The molecule has 0 aromatic rings. The SMILES string of the molecule is CCCCCCCCCCCCCCC(=O)OC[C@H](COP(=O)(O)OC[C@@H](O)COP(=O)(O)OC[C@@H](COC(=O)CCCCCCC)OC(=O)CCCCCCCCC)OC(=O)CCCCCCCCCCCCCCCCC(C)C. The van der Waals surface area contributed by atoms with Gasteiger partial charge < -0.3 is 33.8 Å². The lowest BCUT2D eigenvalue weighted by Gasteiger charge is -2.21. The maximum atomic E-state index is 13.0. The summed E-state index contributed by atoms with van der Waals surface area (Å²) in [6, 6.07) is 0. The number of aliphatic hydroxyl groups is 1. The largest absolute Gasteiger partial charge is 0.472 e. The van der Waals surface area contributed by atoms with Crippen LogP contribution < -0.4 is 0 Å². The summed E-state index contributed by atoms with van der Waals surface area (Å²) in [4.78, 5) is 71.7. The first-order chi connectivity index (χ1) is 39.0. The second-order valence-electron chi connectivity index (χ2n) is 22.9. The van der Waals surface area contributed by atoms with Gasteiger partial charge in [0.05, 0.1) is 26.4 Å². The van der Waals surface area contributed by atoms with Crippen molar-refractivity contribution in [2.45, 2.75) is 329 Å². The van der Waals surface area contributed by atoms with E-state index in [-0.39, 0.29) is 25.7 Å². The zero-order chi connectivity index (χ0) is 59.9. The third-order valence-electron chi connectivity index (χ3n) is 14.3. The lowest BCUT2D eigenvalue weighted by atomic mass is 10.0. The van der Waals surface area contributed by atoms with E-state index in [1.807, 2.05) is 0 Å². The molecule has 0 aromatic carbocycles. The van der Waals surface area contributed by atoms with Crippen molar-refractivity contribution in [1.82, 2.24) is 0 Å². The topological polar surface area (TPSA) is 237 Å². The first kappa shape index (κ1) is 79.1. The highest BCUT2D eigenvalue weighted by molar-refractivity contribution is 7.47. The molecule has 0 bridgehead atoms. The van der Waals surface area contributed by atoms with Crippen LogP contribution in [-0.2, 0) is 65.4 Å². The van der Waals surface area contributed by atoms with Gasteiger partial charge in [0, 0.05) is 25.7 Å². The number of carbonyl (C=O) groups is 4. The Labute approximate surface area is 492 Å². The molecule has 0 fully saturated rings. The van der Waals surface area contributed by atoms with E-state index in [2.05, 4.69) is 34.6 Å². The van der Waals surface area contributed by atoms with Gasteiger partial charge in [0.15, 0.2) is 12.2 Å². The van der Waals surface area contributed by atoms with Crippen LogP contribution in [0.5, 0.6) is 0 Å². The molecule has 0 aliphatic rings. The predicted octanol–water partition coefficient (Wildman–Crippen LogP) is 17.0. The molecule has 0 aromatic heterocycles. The minimum Gasteiger partial charge on any atom is -0.462 e. The lowest BCUT2D eigenvalue weighted by Crippen LogP contribution is -2.30. The molecule has 81 heavy (non-hydrogen) atoms. The first-order valence-corrected chi connectivity index (χ1v) is 35.6. The molecule has 0 aliphatic heterocycles. The van der Waals surface area contributed by atoms with Gasteiger partial charge in [-0.3, -0.25) is 37.3 Å². The lowest BCUT2D eigenvalue weighted by molar-refractivity contribution is -0.161. The summed E-state index contributed by atoms with van der Waals surface area (Å²) < 4.78 is 67.6. The van der Waals surface area contributed by atoms with E-state index in [0.717, 1.165) is 115 Å². The molecule has 3 N–H and O–H groups in total. The molecule has 0 amide bonds. The fourth-order valence-electron chi connectivity index (χ4n) is 9.23. The molecule has 0 saturated carbocycles. The van der Waals surface area contributed by atoms with E-state index in [9.17, 15) is 43.2 Å². The van der Waals surface area contributed by atoms with E-state index in [1.54, 1.807) is 0 Å². The van der Waals surface area contributed by atoms with Crippen molar-refractivity contribution in [3.8, 4) is 0 Å². The van der Waals surface area contributed by atoms with Crippen LogP contribution in [0.25, 0.3) is 0 Å². The number of ether oxygens (including phenoxy) is 4. The second-order valence-corrected chi connectivity index (χ2v) is 25.8. The summed E-state index contributed by atoms with van der Waals surface area (Å²) in [6.07, 6.45) is 39.4. The van der Waals surface area contributed by atoms with Crippen molar-refractivity contribution in [1.29, 1.82) is 0 Å². The van der Waals surface area contributed by atoms with Crippen LogP contribution in [0.2, 0.25) is 0 Å². The number of unbranched alkanes of at least 4 members (excludes halogenated alkanes) is 34. The number of hydrogen-bond acceptors (Lipinski definition) is 15. The van der Waals surface area contributed by atoms with Gasteiger partial charge in [-0.25, -0.2) is 9.13 Å². The van der Waals surface area contributed by atoms with Crippen LogP contribution in [0.1, 0.15) is 311 Å². The Morgan fingerprint density at radius 1 is 0.333 bits per heavy atom. The highest BCUT2D eigenvalue weighted by atomic mass is 31.2. The Hall–Kier alpha value is -1.94. The average Bonchev–Trinajstić information content (AvgIpc) is 3.43. The molecule has 480 valence electrons. The summed E-state index contributed by atoms with van der Waals surface area (Å²) in [5, 5.41) is 10.5. The fraction of sp³-hybridized carbons (Fsp3) is 0.935. The molecular weight excluding hydrogens is 1080 g/mol. The number of rotatable bonds is 62. The summed E-state index contributed by atoms with van der Waals surface area (Å²) in [6.45, 7) is 7.07. The Kier molecular flexibility index (Phi) is 54.6. The van der Waals surface area contributed by atoms with Gasteiger partial charge in [-0.2, -0.15) is 0 Å². The molecule has 19 heteroatoms. The van der Waals surface area contributed by atoms with Gasteiger partial charge in [-0.05, 0) is 31.6 Å². The van der Waals surface area contributed by atoms with E-state index in [0.29, 0.717) is 25.7 Å². The van der Waals surface area contributed by atoms with Gasteiger partial charge in [-0.15, -0.1) is 0 Å². The summed E-state index contributed by atoms with van der Waals surface area (Å²) in [7, 11) is -9.87. The van der Waals surface area contributed by atoms with Crippen molar-refractivity contribution >= 4 is 39.5 Å². The number of phosphoric acid groups is 2. The quantitative estimate of drug-likeness (QED) is 0.0222. The van der Waals surface area contributed by atoms with E-state index in [1.165, 1.54) is 116 Å². The Bertz CT molecular complexity index is 1580. The summed E-state index contributed by atoms with van der Waals surface area (Å²) in [5.74, 6) is -1.35.